The molecular weight excluding hydrogens is 517 g/mol. The normalized spacial score (nSPS) is 19.6. The van der Waals surface area contributed by atoms with E-state index in [4.69, 9.17) is 22.2 Å². The van der Waals surface area contributed by atoms with Crippen molar-refractivity contribution >= 4 is 47.0 Å². The number of nitrogens with zero attached hydrogens (tertiary/aromatic N) is 5. The van der Waals surface area contributed by atoms with Gasteiger partial charge in [0.25, 0.3) is 5.91 Å². The number of nitriles is 1. The molecule has 1 saturated carbocycles. The molecule has 1 aliphatic carbocycles. The molecule has 2 aliphatic heterocycles. The van der Waals surface area contributed by atoms with Crippen LogP contribution in [0.1, 0.15) is 43.4 Å². The van der Waals surface area contributed by atoms with Gasteiger partial charge in [0.15, 0.2) is 10.8 Å². The maximum atomic E-state index is 13.5. The standard InChI is InChI=1S/C23H21F3N6O2S.ClH/c24-23(25,26)17-10-15(13-29-18(17)11-27)31-20(33)22(6-1-7-22)32(21(31)35)14-2-3-19(30-12-14)34-16-4-8-28-9-5-16;/h2-3,10,12-13,16,28H,1,4-9H2;1H. The molecule has 2 aromatic rings. The Balaban J connectivity index is 0.00000304. The Morgan fingerprint density at radius 3 is 2.42 bits per heavy atom. The molecule has 1 spiro atoms. The van der Waals surface area contributed by atoms with Crippen LogP contribution in [0.4, 0.5) is 24.5 Å². The van der Waals surface area contributed by atoms with Gasteiger partial charge in [0.1, 0.15) is 17.7 Å². The summed E-state index contributed by atoms with van der Waals surface area (Å²) >= 11 is 5.60. The van der Waals surface area contributed by atoms with Gasteiger partial charge < -0.3 is 15.0 Å². The molecule has 0 aromatic carbocycles. The maximum absolute atomic E-state index is 13.5. The number of halogens is 4. The number of hydrogen-bond acceptors (Lipinski definition) is 7. The lowest BCUT2D eigenvalue weighted by atomic mass is 9.75. The molecule has 2 saturated heterocycles. The minimum atomic E-state index is -4.81. The lowest BCUT2D eigenvalue weighted by Crippen LogP contribution is -2.55. The van der Waals surface area contributed by atoms with Gasteiger partial charge in [0, 0.05) is 6.07 Å². The number of nitrogens with one attached hydrogen (secondary N) is 1. The van der Waals surface area contributed by atoms with Crippen molar-refractivity contribution in [2.45, 2.75) is 49.9 Å². The molecule has 4 heterocycles. The largest absolute Gasteiger partial charge is 0.474 e. The number of aromatic nitrogens is 2. The van der Waals surface area contributed by atoms with E-state index in [0.717, 1.165) is 49.5 Å². The first-order valence-electron chi connectivity index (χ1n) is 11.2. The zero-order chi connectivity index (χ0) is 24.8. The van der Waals surface area contributed by atoms with E-state index in [0.29, 0.717) is 24.4 Å². The minimum absolute atomic E-state index is 0. The number of carbonyl (C=O) groups excluding carboxylic acids is 1. The zero-order valence-electron chi connectivity index (χ0n) is 18.9. The summed E-state index contributed by atoms with van der Waals surface area (Å²) in [6.45, 7) is 1.76. The zero-order valence-corrected chi connectivity index (χ0v) is 20.5. The van der Waals surface area contributed by atoms with E-state index in [2.05, 4.69) is 15.3 Å². The molecule has 1 amide bonds. The Labute approximate surface area is 216 Å². The third-order valence-electron chi connectivity index (χ3n) is 6.69. The Kier molecular flexibility index (Phi) is 7.10. The molecular formula is C23H22ClF3N6O2S. The Morgan fingerprint density at radius 1 is 1.17 bits per heavy atom. The number of amides is 1. The summed E-state index contributed by atoms with van der Waals surface area (Å²) in [7, 11) is 0. The first-order valence-corrected chi connectivity index (χ1v) is 11.6. The Bertz CT molecular complexity index is 1210. The molecule has 5 rings (SSSR count). The van der Waals surface area contributed by atoms with E-state index < -0.39 is 28.9 Å². The highest BCUT2D eigenvalue weighted by Crippen LogP contribution is 2.48. The van der Waals surface area contributed by atoms with E-state index in [1.54, 1.807) is 23.2 Å². The molecule has 190 valence electrons. The van der Waals surface area contributed by atoms with Crippen LogP contribution in [-0.2, 0) is 11.0 Å². The lowest BCUT2D eigenvalue weighted by molar-refractivity contribution is -0.138. The SMILES string of the molecule is Cl.N#Cc1ncc(N2C(=O)C3(CCC3)N(c3ccc(OC4CCNCC4)nc3)C2=S)cc1C(F)(F)F. The number of pyridine rings is 2. The van der Waals surface area contributed by atoms with E-state index >= 15 is 0 Å². The average Bonchev–Trinajstić information content (AvgIpc) is 3.06. The summed E-state index contributed by atoms with van der Waals surface area (Å²) in [4.78, 5) is 24.3. The fraction of sp³-hybridized carbons (Fsp3) is 0.435. The second kappa shape index (κ2) is 9.80. The highest BCUT2D eigenvalue weighted by molar-refractivity contribution is 7.81. The number of anilines is 2. The van der Waals surface area contributed by atoms with Crippen LogP contribution in [0.3, 0.4) is 0 Å². The summed E-state index contributed by atoms with van der Waals surface area (Å²) in [5.74, 6) is 0.0473. The van der Waals surface area contributed by atoms with E-state index in [1.165, 1.54) is 6.07 Å². The summed E-state index contributed by atoms with van der Waals surface area (Å²) in [6.07, 6.45) is 1.46. The quantitative estimate of drug-likeness (QED) is 0.584. The highest BCUT2D eigenvalue weighted by atomic mass is 35.5. The predicted molar refractivity (Wildman–Crippen MR) is 131 cm³/mol. The Morgan fingerprint density at radius 2 is 1.86 bits per heavy atom. The smallest absolute Gasteiger partial charge is 0.419 e. The second-order valence-electron chi connectivity index (χ2n) is 8.76. The van der Waals surface area contributed by atoms with Gasteiger partial charge in [-0.15, -0.1) is 12.4 Å². The molecule has 1 N–H and O–H groups in total. The number of hydrogen-bond donors (Lipinski definition) is 1. The second-order valence-corrected chi connectivity index (χ2v) is 9.13. The number of rotatable bonds is 4. The number of ether oxygens (including phenoxy) is 1. The molecule has 8 nitrogen and oxygen atoms in total. The summed E-state index contributed by atoms with van der Waals surface area (Å²) < 4.78 is 46.5. The van der Waals surface area contributed by atoms with Gasteiger partial charge in [-0.05, 0) is 69.5 Å². The molecule has 0 unspecified atom stereocenters. The van der Waals surface area contributed by atoms with Crippen molar-refractivity contribution < 1.29 is 22.7 Å². The number of carbonyl (C=O) groups is 1. The van der Waals surface area contributed by atoms with Crippen LogP contribution in [-0.4, -0.2) is 45.7 Å². The molecule has 36 heavy (non-hydrogen) atoms. The highest BCUT2D eigenvalue weighted by Gasteiger charge is 2.60. The van der Waals surface area contributed by atoms with Crippen molar-refractivity contribution in [1.82, 2.24) is 15.3 Å². The third-order valence-corrected chi connectivity index (χ3v) is 7.05. The molecule has 3 aliphatic rings. The molecule has 0 atom stereocenters. The lowest BCUT2D eigenvalue weighted by Gasteiger charge is -2.42. The van der Waals surface area contributed by atoms with Gasteiger partial charge in [0.2, 0.25) is 5.88 Å². The van der Waals surface area contributed by atoms with Gasteiger partial charge >= 0.3 is 6.18 Å². The summed E-state index contributed by atoms with van der Waals surface area (Å²) in [6, 6.07) is 5.67. The maximum Gasteiger partial charge on any atom is 0.419 e. The minimum Gasteiger partial charge on any atom is -0.474 e. The first-order chi connectivity index (χ1) is 16.7. The van der Waals surface area contributed by atoms with Gasteiger partial charge in [-0.3, -0.25) is 9.69 Å². The van der Waals surface area contributed by atoms with E-state index in [9.17, 15) is 18.0 Å². The van der Waals surface area contributed by atoms with E-state index in [-0.39, 0.29) is 29.3 Å². The topological polar surface area (TPSA) is 94.4 Å². The molecule has 0 bridgehead atoms. The van der Waals surface area contributed by atoms with Crippen LogP contribution < -0.4 is 19.9 Å². The van der Waals surface area contributed by atoms with Crippen molar-refractivity contribution in [3.63, 3.8) is 0 Å². The van der Waals surface area contributed by atoms with Crippen LogP contribution >= 0.6 is 24.6 Å². The van der Waals surface area contributed by atoms with Crippen molar-refractivity contribution in [2.75, 3.05) is 22.9 Å². The van der Waals surface area contributed by atoms with Gasteiger partial charge in [-0.25, -0.2) is 9.97 Å². The fourth-order valence-electron chi connectivity index (χ4n) is 4.75. The van der Waals surface area contributed by atoms with Crippen LogP contribution in [0.2, 0.25) is 0 Å². The molecule has 3 fully saturated rings. The van der Waals surface area contributed by atoms with Gasteiger partial charge in [-0.2, -0.15) is 18.4 Å². The monoisotopic (exact) mass is 538 g/mol. The van der Waals surface area contributed by atoms with Crippen molar-refractivity contribution in [3.05, 3.63) is 41.9 Å². The summed E-state index contributed by atoms with van der Waals surface area (Å²) in [5, 5.41) is 12.4. The van der Waals surface area contributed by atoms with Crippen molar-refractivity contribution in [3.8, 4) is 11.9 Å². The van der Waals surface area contributed by atoms with E-state index in [1.807, 2.05) is 0 Å². The first kappa shape index (κ1) is 26.1. The molecule has 13 heteroatoms. The Hall–Kier alpha value is -3.01. The number of piperidine rings is 1. The predicted octanol–water partition coefficient (Wildman–Crippen LogP) is 3.98. The summed E-state index contributed by atoms with van der Waals surface area (Å²) in [5.41, 5.74) is -2.53. The third kappa shape index (κ3) is 4.36. The van der Waals surface area contributed by atoms with Crippen molar-refractivity contribution in [1.29, 1.82) is 5.26 Å². The van der Waals surface area contributed by atoms with Crippen LogP contribution in [0, 0.1) is 11.3 Å². The number of alkyl halides is 3. The average molecular weight is 539 g/mol. The number of thiocarbonyl (C=S) groups is 1. The molecule has 2 aromatic heterocycles. The van der Waals surface area contributed by atoms with Crippen molar-refractivity contribution in [2.24, 2.45) is 0 Å². The molecule has 0 radical (unpaired) electrons. The fourth-order valence-corrected chi connectivity index (χ4v) is 5.22. The van der Waals surface area contributed by atoms with Crippen LogP contribution in [0.25, 0.3) is 0 Å². The van der Waals surface area contributed by atoms with Gasteiger partial charge in [0.05, 0.1) is 29.3 Å². The van der Waals surface area contributed by atoms with Crippen LogP contribution in [0.15, 0.2) is 30.6 Å². The van der Waals surface area contributed by atoms with Crippen LogP contribution in [0.5, 0.6) is 5.88 Å². The van der Waals surface area contributed by atoms with Gasteiger partial charge in [-0.1, -0.05) is 0 Å².